The maximum Gasteiger partial charge on any atom is 0.491 e. The molecule has 0 aromatic heterocycles. The lowest BCUT2D eigenvalue weighted by molar-refractivity contribution is 0.207. The molecule has 0 bridgehead atoms. The first-order valence-corrected chi connectivity index (χ1v) is 4.08. The van der Waals surface area contributed by atoms with Gasteiger partial charge in [-0.1, -0.05) is 30.3 Å². The molecule has 0 radical (unpaired) electrons. The summed E-state index contributed by atoms with van der Waals surface area (Å²) in [7, 11) is -0.800. The zero-order valence-corrected chi connectivity index (χ0v) is 7.40. The monoisotopic (exact) mass is 164 g/mol. The molecule has 0 atom stereocenters. The Morgan fingerprint density at radius 3 is 2.33 bits per heavy atom. The van der Waals surface area contributed by atoms with E-state index in [-0.39, 0.29) is 6.10 Å². The third kappa shape index (κ3) is 2.68. The molecule has 2 nitrogen and oxygen atoms in total. The molecule has 1 aromatic rings. The summed E-state index contributed by atoms with van der Waals surface area (Å²) in [4.78, 5) is 0. The molecular weight excluding hydrogens is 151 g/mol. The molecule has 0 spiro atoms. The van der Waals surface area contributed by atoms with Crippen molar-refractivity contribution in [2.24, 2.45) is 0 Å². The number of rotatable bonds is 3. The maximum atomic E-state index is 9.47. The Labute approximate surface area is 73.3 Å². The van der Waals surface area contributed by atoms with Gasteiger partial charge in [0.1, 0.15) is 0 Å². The van der Waals surface area contributed by atoms with E-state index in [2.05, 4.69) is 0 Å². The van der Waals surface area contributed by atoms with Crippen molar-refractivity contribution in [1.29, 1.82) is 0 Å². The standard InChI is InChI=1S/C9H13BO2/c1-8(2)12-10(11)9-6-4-3-5-7-9/h3-8,11H,1-2H3. The third-order valence-electron chi connectivity index (χ3n) is 1.49. The summed E-state index contributed by atoms with van der Waals surface area (Å²) in [5, 5.41) is 9.47. The molecule has 0 aliphatic heterocycles. The number of benzene rings is 1. The van der Waals surface area contributed by atoms with Crippen LogP contribution >= 0.6 is 0 Å². The van der Waals surface area contributed by atoms with Gasteiger partial charge in [0, 0.05) is 6.10 Å². The molecule has 12 heavy (non-hydrogen) atoms. The topological polar surface area (TPSA) is 29.5 Å². The molecule has 3 heteroatoms. The zero-order valence-electron chi connectivity index (χ0n) is 7.40. The number of hydrogen-bond donors (Lipinski definition) is 1. The fourth-order valence-corrected chi connectivity index (χ4v) is 0.954. The van der Waals surface area contributed by atoms with Crippen molar-refractivity contribution in [3.63, 3.8) is 0 Å². The SMILES string of the molecule is CC(C)OB(O)c1ccccc1. The lowest BCUT2D eigenvalue weighted by Crippen LogP contribution is -2.35. The van der Waals surface area contributed by atoms with Crippen LogP contribution in [-0.2, 0) is 4.65 Å². The van der Waals surface area contributed by atoms with Gasteiger partial charge >= 0.3 is 7.12 Å². The van der Waals surface area contributed by atoms with Crippen LogP contribution in [0.25, 0.3) is 0 Å². The van der Waals surface area contributed by atoms with Crippen molar-refractivity contribution in [2.45, 2.75) is 20.0 Å². The van der Waals surface area contributed by atoms with E-state index in [0.717, 1.165) is 5.46 Å². The Balaban J connectivity index is 2.59. The molecule has 1 aromatic carbocycles. The van der Waals surface area contributed by atoms with Gasteiger partial charge in [0.2, 0.25) is 0 Å². The molecule has 0 aliphatic carbocycles. The summed E-state index contributed by atoms with van der Waals surface area (Å²) in [5.74, 6) is 0. The third-order valence-corrected chi connectivity index (χ3v) is 1.49. The fourth-order valence-electron chi connectivity index (χ4n) is 0.954. The van der Waals surface area contributed by atoms with Crippen LogP contribution in [0.4, 0.5) is 0 Å². The fraction of sp³-hybridized carbons (Fsp3) is 0.333. The molecule has 0 saturated heterocycles. The van der Waals surface area contributed by atoms with E-state index >= 15 is 0 Å². The lowest BCUT2D eigenvalue weighted by Gasteiger charge is -2.10. The van der Waals surface area contributed by atoms with E-state index in [1.807, 2.05) is 44.2 Å². The van der Waals surface area contributed by atoms with E-state index in [4.69, 9.17) is 4.65 Å². The highest BCUT2D eigenvalue weighted by atomic mass is 16.5. The minimum absolute atomic E-state index is 0.0419. The first-order valence-electron chi connectivity index (χ1n) is 4.08. The van der Waals surface area contributed by atoms with Crippen LogP contribution in [0.15, 0.2) is 30.3 Å². The van der Waals surface area contributed by atoms with Gasteiger partial charge in [0.25, 0.3) is 0 Å². The first-order chi connectivity index (χ1) is 5.70. The van der Waals surface area contributed by atoms with Crippen LogP contribution in [0.5, 0.6) is 0 Å². The highest BCUT2D eigenvalue weighted by Crippen LogP contribution is 1.92. The van der Waals surface area contributed by atoms with Crippen molar-refractivity contribution in [3.05, 3.63) is 30.3 Å². The quantitative estimate of drug-likeness (QED) is 0.669. The van der Waals surface area contributed by atoms with Gasteiger partial charge in [-0.2, -0.15) is 0 Å². The Morgan fingerprint density at radius 1 is 1.25 bits per heavy atom. The summed E-state index contributed by atoms with van der Waals surface area (Å²) in [6, 6.07) is 9.34. The van der Waals surface area contributed by atoms with Gasteiger partial charge in [-0.25, -0.2) is 0 Å². The predicted octanol–water partition coefficient (Wildman–Crippen LogP) is 0.799. The van der Waals surface area contributed by atoms with Crippen molar-refractivity contribution >= 4 is 12.6 Å². The van der Waals surface area contributed by atoms with Crippen LogP contribution in [0.1, 0.15) is 13.8 Å². The summed E-state index contributed by atoms with van der Waals surface area (Å²) < 4.78 is 5.19. The zero-order chi connectivity index (χ0) is 8.97. The minimum atomic E-state index is -0.800. The van der Waals surface area contributed by atoms with Gasteiger partial charge in [0.15, 0.2) is 0 Å². The highest BCUT2D eigenvalue weighted by molar-refractivity contribution is 6.59. The van der Waals surface area contributed by atoms with Crippen molar-refractivity contribution in [1.82, 2.24) is 0 Å². The van der Waals surface area contributed by atoms with Crippen LogP contribution in [0.2, 0.25) is 0 Å². The Bertz CT molecular complexity index is 223. The Hall–Kier alpha value is -0.795. The second kappa shape index (κ2) is 4.29. The van der Waals surface area contributed by atoms with Crippen molar-refractivity contribution < 1.29 is 9.68 Å². The molecule has 0 saturated carbocycles. The average Bonchev–Trinajstić information content (AvgIpc) is 2.05. The van der Waals surface area contributed by atoms with Crippen molar-refractivity contribution in [3.8, 4) is 0 Å². The smallest absolute Gasteiger partial charge is 0.423 e. The van der Waals surface area contributed by atoms with E-state index in [1.165, 1.54) is 0 Å². The van der Waals surface area contributed by atoms with Crippen LogP contribution in [0.3, 0.4) is 0 Å². The van der Waals surface area contributed by atoms with Gasteiger partial charge in [-0.3, -0.25) is 0 Å². The van der Waals surface area contributed by atoms with Crippen LogP contribution in [0, 0.1) is 0 Å². The minimum Gasteiger partial charge on any atom is -0.423 e. The second-order valence-electron chi connectivity index (χ2n) is 2.95. The van der Waals surface area contributed by atoms with E-state index < -0.39 is 7.12 Å². The molecule has 0 aliphatic rings. The van der Waals surface area contributed by atoms with E-state index in [0.29, 0.717) is 0 Å². The number of hydrogen-bond acceptors (Lipinski definition) is 2. The van der Waals surface area contributed by atoms with Gasteiger partial charge in [-0.05, 0) is 19.3 Å². The van der Waals surface area contributed by atoms with E-state index in [9.17, 15) is 5.02 Å². The largest absolute Gasteiger partial charge is 0.491 e. The highest BCUT2D eigenvalue weighted by Gasteiger charge is 2.16. The second-order valence-corrected chi connectivity index (χ2v) is 2.95. The predicted molar refractivity (Wildman–Crippen MR) is 50.3 cm³/mol. The maximum absolute atomic E-state index is 9.47. The molecule has 1 N–H and O–H groups in total. The normalized spacial score (nSPS) is 10.3. The summed E-state index contributed by atoms with van der Waals surface area (Å²) in [6.45, 7) is 3.79. The summed E-state index contributed by atoms with van der Waals surface area (Å²) in [6.07, 6.45) is 0.0419. The average molecular weight is 164 g/mol. The van der Waals surface area contributed by atoms with Crippen molar-refractivity contribution in [2.75, 3.05) is 0 Å². The molecular formula is C9H13BO2. The molecule has 0 heterocycles. The Kier molecular flexibility index (Phi) is 3.32. The molecule has 1 rings (SSSR count). The van der Waals surface area contributed by atoms with Crippen LogP contribution in [-0.4, -0.2) is 18.2 Å². The molecule has 0 unspecified atom stereocenters. The molecule has 0 fully saturated rings. The van der Waals surface area contributed by atoms with E-state index in [1.54, 1.807) is 0 Å². The summed E-state index contributed by atoms with van der Waals surface area (Å²) in [5.41, 5.74) is 0.797. The molecule has 0 amide bonds. The van der Waals surface area contributed by atoms with Crippen LogP contribution < -0.4 is 5.46 Å². The van der Waals surface area contributed by atoms with Gasteiger partial charge in [0.05, 0.1) is 0 Å². The first kappa shape index (κ1) is 9.29. The van der Waals surface area contributed by atoms with Gasteiger partial charge < -0.3 is 9.68 Å². The Morgan fingerprint density at radius 2 is 1.83 bits per heavy atom. The summed E-state index contributed by atoms with van der Waals surface area (Å²) >= 11 is 0. The lowest BCUT2D eigenvalue weighted by atomic mass is 9.79. The molecule has 64 valence electrons. The van der Waals surface area contributed by atoms with Gasteiger partial charge in [-0.15, -0.1) is 0 Å².